The van der Waals surface area contributed by atoms with Crippen molar-refractivity contribution in [3.05, 3.63) is 0 Å². The third-order valence-electron chi connectivity index (χ3n) is 9.29. The summed E-state index contributed by atoms with van der Waals surface area (Å²) in [4.78, 5) is 18.1. The van der Waals surface area contributed by atoms with Gasteiger partial charge in [0, 0.05) is 45.3 Å². The second-order valence-corrected chi connectivity index (χ2v) is 11.7. The van der Waals surface area contributed by atoms with Crippen LogP contribution < -0.4 is 21.3 Å². The molecule has 0 aromatic carbocycles. The molecule has 0 aromatic rings. The quantitative estimate of drug-likeness (QED) is 0.376. The van der Waals surface area contributed by atoms with E-state index < -0.39 is 6.30 Å². The van der Waals surface area contributed by atoms with Gasteiger partial charge in [-0.3, -0.25) is 15.1 Å². The predicted molar refractivity (Wildman–Crippen MR) is 139 cm³/mol. The number of halogens is 1. The molecule has 3 fully saturated rings. The first-order valence-corrected chi connectivity index (χ1v) is 14.1. The van der Waals surface area contributed by atoms with Gasteiger partial charge in [0.2, 0.25) is 5.91 Å². The monoisotopic (exact) mass is 509 g/mol. The molecule has 36 heavy (non-hydrogen) atoms. The van der Waals surface area contributed by atoms with Gasteiger partial charge in [0.15, 0.2) is 12.3 Å². The van der Waals surface area contributed by atoms with Gasteiger partial charge in [-0.2, -0.15) is 0 Å². The van der Waals surface area contributed by atoms with E-state index in [9.17, 15) is 9.18 Å². The number of nitrogens with one attached hydrogen (secondary N) is 4. The van der Waals surface area contributed by atoms with Gasteiger partial charge >= 0.3 is 0 Å². The van der Waals surface area contributed by atoms with Crippen molar-refractivity contribution in [1.82, 2.24) is 21.3 Å². The van der Waals surface area contributed by atoms with Crippen LogP contribution in [0.1, 0.15) is 65.2 Å². The van der Waals surface area contributed by atoms with Gasteiger partial charge in [-0.1, -0.05) is 0 Å². The summed E-state index contributed by atoms with van der Waals surface area (Å²) in [5.74, 6) is 2.56. The van der Waals surface area contributed by atoms with Gasteiger partial charge in [0.05, 0.1) is 18.8 Å². The minimum Gasteiger partial charge on any atom is -0.381 e. The minimum atomic E-state index is -0.911. The lowest BCUT2D eigenvalue weighted by Gasteiger charge is -2.43. The van der Waals surface area contributed by atoms with Crippen LogP contribution in [0.2, 0.25) is 0 Å². The Kier molecular flexibility index (Phi) is 9.86. The van der Waals surface area contributed by atoms with Crippen LogP contribution in [0.5, 0.6) is 0 Å². The van der Waals surface area contributed by atoms with Gasteiger partial charge in [-0.15, -0.1) is 0 Å². The summed E-state index contributed by atoms with van der Waals surface area (Å²) in [6.45, 7) is 6.74. The molecule has 1 amide bonds. The molecule has 0 aromatic heterocycles. The molecule has 0 spiro atoms. The zero-order valence-electron chi connectivity index (χ0n) is 22.6. The number of carbonyl (C=O) groups excluding carboxylic acids is 1. The Bertz CT molecular complexity index is 743. The highest BCUT2D eigenvalue weighted by Gasteiger charge is 2.41. The highest BCUT2D eigenvalue weighted by atomic mass is 19.1. The van der Waals surface area contributed by atoms with Crippen LogP contribution in [0, 0.1) is 29.6 Å². The zero-order chi connectivity index (χ0) is 25.7. The Morgan fingerprint density at radius 2 is 1.86 bits per heavy atom. The first-order chi connectivity index (χ1) is 17.4. The lowest BCUT2D eigenvalue weighted by Crippen LogP contribution is -2.50. The zero-order valence-corrected chi connectivity index (χ0v) is 22.6. The van der Waals surface area contributed by atoms with Crippen LogP contribution in [-0.4, -0.2) is 76.3 Å². The van der Waals surface area contributed by atoms with Crippen molar-refractivity contribution in [3.63, 3.8) is 0 Å². The topological polar surface area (TPSA) is 96.0 Å². The molecule has 4 rings (SSSR count). The third-order valence-corrected chi connectivity index (χ3v) is 9.29. The molecule has 9 unspecified atom stereocenters. The van der Waals surface area contributed by atoms with E-state index in [1.165, 1.54) is 0 Å². The fraction of sp³-hybridized carbons (Fsp3) is 0.926. The number of hydrogen-bond donors (Lipinski definition) is 4. The number of hydrogen-bond acceptors (Lipinski definition) is 7. The van der Waals surface area contributed by atoms with Crippen molar-refractivity contribution in [2.24, 2.45) is 34.6 Å². The summed E-state index contributed by atoms with van der Waals surface area (Å²) in [6, 6.07) is 0.206. The highest BCUT2D eigenvalue weighted by Crippen LogP contribution is 2.42. The molecular weight excluding hydrogens is 461 g/mol. The molecule has 8 nitrogen and oxygen atoms in total. The summed E-state index contributed by atoms with van der Waals surface area (Å²) in [7, 11) is 3.52. The first kappa shape index (κ1) is 27.6. The molecule has 2 aliphatic heterocycles. The smallest absolute Gasteiger partial charge is 0.223 e. The van der Waals surface area contributed by atoms with Crippen LogP contribution in [0.4, 0.5) is 4.39 Å². The first-order valence-electron chi connectivity index (χ1n) is 14.1. The number of nitrogens with zero attached hydrogens (tertiary/aromatic N) is 1. The van der Waals surface area contributed by atoms with Crippen LogP contribution in [0.25, 0.3) is 0 Å². The number of carbonyl (C=O) groups is 1. The molecule has 9 atom stereocenters. The molecule has 206 valence electrons. The van der Waals surface area contributed by atoms with E-state index in [-0.39, 0.29) is 36.1 Å². The third kappa shape index (κ3) is 7.10. The fourth-order valence-electron chi connectivity index (χ4n) is 7.21. The number of aliphatic imine (C=N–C) groups is 1. The number of ether oxygens (including phenoxy) is 2. The van der Waals surface area contributed by atoms with Crippen LogP contribution in [0.15, 0.2) is 4.99 Å². The van der Waals surface area contributed by atoms with E-state index in [4.69, 9.17) is 9.47 Å². The number of rotatable bonds is 8. The van der Waals surface area contributed by atoms with Gasteiger partial charge in [-0.05, 0) is 88.9 Å². The van der Waals surface area contributed by atoms with Crippen LogP contribution in [0.3, 0.4) is 0 Å². The van der Waals surface area contributed by atoms with E-state index in [1.807, 2.05) is 0 Å². The molecule has 2 aliphatic carbocycles. The SMILES string of the molecule is COC1CC(OC)CC(C(C)NC(=O)C2CC(CNC3=NCCN3)CC(C3CCC(F)NC3C)C2)C1. The minimum absolute atomic E-state index is 0.0215. The highest BCUT2D eigenvalue weighted by molar-refractivity contribution is 5.81. The Labute approximate surface area is 216 Å². The summed E-state index contributed by atoms with van der Waals surface area (Å²) in [5.41, 5.74) is 0. The molecule has 0 bridgehead atoms. The average Bonchev–Trinajstić information content (AvgIpc) is 3.40. The predicted octanol–water partition coefficient (Wildman–Crippen LogP) is 2.59. The van der Waals surface area contributed by atoms with Crippen molar-refractivity contribution >= 4 is 11.9 Å². The van der Waals surface area contributed by atoms with Gasteiger partial charge in [0.1, 0.15) is 0 Å². The van der Waals surface area contributed by atoms with Crippen molar-refractivity contribution < 1.29 is 18.7 Å². The number of amides is 1. The second-order valence-electron chi connectivity index (χ2n) is 11.7. The molecule has 4 aliphatic rings. The van der Waals surface area contributed by atoms with Crippen molar-refractivity contribution in [2.75, 3.05) is 33.9 Å². The van der Waals surface area contributed by atoms with Crippen molar-refractivity contribution in [1.29, 1.82) is 0 Å². The summed E-state index contributed by atoms with van der Waals surface area (Å²) in [5, 5.41) is 13.3. The number of alkyl halides is 1. The molecule has 1 saturated heterocycles. The lowest BCUT2D eigenvalue weighted by atomic mass is 9.66. The number of piperidine rings is 1. The van der Waals surface area contributed by atoms with E-state index in [0.29, 0.717) is 30.1 Å². The Hall–Kier alpha value is -1.45. The van der Waals surface area contributed by atoms with E-state index in [0.717, 1.165) is 70.5 Å². The van der Waals surface area contributed by atoms with Gasteiger partial charge in [-0.25, -0.2) is 4.39 Å². The Balaban J connectivity index is 1.39. The Morgan fingerprint density at radius 1 is 1.11 bits per heavy atom. The molecule has 0 radical (unpaired) electrons. The number of guanidine groups is 1. The van der Waals surface area contributed by atoms with E-state index in [1.54, 1.807) is 14.2 Å². The molecular formula is C27H48FN5O3. The van der Waals surface area contributed by atoms with Crippen LogP contribution in [-0.2, 0) is 14.3 Å². The molecule has 4 N–H and O–H groups in total. The molecule has 9 heteroatoms. The normalized spacial score (nSPS) is 40.1. The second kappa shape index (κ2) is 12.9. The molecule has 2 heterocycles. The van der Waals surface area contributed by atoms with Crippen molar-refractivity contribution in [2.45, 2.75) is 95.8 Å². The van der Waals surface area contributed by atoms with E-state index >= 15 is 0 Å². The van der Waals surface area contributed by atoms with Crippen LogP contribution >= 0.6 is 0 Å². The van der Waals surface area contributed by atoms with Crippen molar-refractivity contribution in [3.8, 4) is 0 Å². The maximum Gasteiger partial charge on any atom is 0.223 e. The summed E-state index contributed by atoms with van der Waals surface area (Å²) in [6.07, 6.45) is 6.52. The molecule has 2 saturated carbocycles. The maximum atomic E-state index is 14.0. The summed E-state index contributed by atoms with van der Waals surface area (Å²) < 4.78 is 25.3. The standard InChI is InChI=1S/C27H48FN5O3/c1-16(19-12-22(35-3)14-23(13-19)36-4)33-26(34)21-10-18(15-31-27-29-7-8-30-27)9-20(11-21)24-5-6-25(28)32-17(24)2/h16-25,32H,5-15H2,1-4H3,(H,33,34)(H2,29,30,31). The maximum absolute atomic E-state index is 14.0. The average molecular weight is 510 g/mol. The van der Waals surface area contributed by atoms with E-state index in [2.05, 4.69) is 40.1 Å². The summed E-state index contributed by atoms with van der Waals surface area (Å²) >= 11 is 0. The number of methoxy groups -OCH3 is 2. The van der Waals surface area contributed by atoms with Gasteiger partial charge in [0.25, 0.3) is 0 Å². The van der Waals surface area contributed by atoms with Gasteiger partial charge < -0.3 is 25.4 Å². The fourth-order valence-corrected chi connectivity index (χ4v) is 7.21. The lowest BCUT2D eigenvalue weighted by molar-refractivity contribution is -0.129. The Morgan fingerprint density at radius 3 is 2.50 bits per heavy atom. The largest absolute Gasteiger partial charge is 0.381 e.